The van der Waals surface area contributed by atoms with Gasteiger partial charge in [0.05, 0.1) is 5.56 Å². The van der Waals surface area contributed by atoms with E-state index in [1.165, 1.54) is 30.1 Å². The monoisotopic (exact) mass is 357 g/mol. The van der Waals surface area contributed by atoms with Crippen molar-refractivity contribution in [3.63, 3.8) is 0 Å². The van der Waals surface area contributed by atoms with E-state index in [1.807, 2.05) is 0 Å². The lowest BCUT2D eigenvalue weighted by molar-refractivity contribution is -0.151. The van der Waals surface area contributed by atoms with Crippen LogP contribution in [-0.2, 0) is 4.79 Å². The molecule has 1 aromatic rings. The average Bonchev–Trinajstić information content (AvgIpc) is 2.48. The first kappa shape index (κ1) is 15.9. The van der Waals surface area contributed by atoms with Crippen molar-refractivity contribution in [3.05, 3.63) is 34.1 Å². The fourth-order valence-electron chi connectivity index (χ4n) is 2.87. The Bertz CT molecular complexity index is 570. The zero-order valence-corrected chi connectivity index (χ0v) is 13.3. The van der Waals surface area contributed by atoms with Crippen molar-refractivity contribution in [1.29, 1.82) is 0 Å². The third-order valence-electron chi connectivity index (χ3n) is 4.18. The van der Waals surface area contributed by atoms with E-state index in [0.29, 0.717) is 17.3 Å². The molecular formula is C15H17BrFNO3. The highest BCUT2D eigenvalue weighted by Gasteiger charge is 2.45. The van der Waals surface area contributed by atoms with Crippen molar-refractivity contribution in [2.45, 2.75) is 37.6 Å². The van der Waals surface area contributed by atoms with Gasteiger partial charge in [-0.1, -0.05) is 35.2 Å². The molecule has 6 heteroatoms. The van der Waals surface area contributed by atoms with Crippen molar-refractivity contribution < 1.29 is 19.1 Å². The second kappa shape index (κ2) is 6.13. The highest BCUT2D eigenvalue weighted by molar-refractivity contribution is 9.10. The molecule has 0 unspecified atom stereocenters. The number of hydrogen-bond acceptors (Lipinski definition) is 2. The van der Waals surface area contributed by atoms with E-state index in [-0.39, 0.29) is 5.56 Å². The molecule has 1 saturated carbocycles. The maximum atomic E-state index is 13.9. The molecule has 1 amide bonds. The third-order valence-corrected chi connectivity index (χ3v) is 4.68. The lowest BCUT2D eigenvalue weighted by Gasteiger charge is -2.41. The molecule has 0 aromatic heterocycles. The highest BCUT2D eigenvalue weighted by Crippen LogP contribution is 2.34. The van der Waals surface area contributed by atoms with Gasteiger partial charge in [-0.15, -0.1) is 0 Å². The summed E-state index contributed by atoms with van der Waals surface area (Å²) in [5.74, 6) is -2.27. The molecule has 0 aliphatic heterocycles. The Balaban J connectivity index is 2.36. The molecule has 4 nitrogen and oxygen atoms in total. The number of carbonyl (C=O) groups excluding carboxylic acids is 1. The second-order valence-corrected chi connectivity index (χ2v) is 6.30. The van der Waals surface area contributed by atoms with Gasteiger partial charge in [-0.05, 0) is 31.0 Å². The van der Waals surface area contributed by atoms with Crippen molar-refractivity contribution >= 4 is 27.8 Å². The lowest BCUT2D eigenvalue weighted by Crippen LogP contribution is -2.56. The van der Waals surface area contributed by atoms with E-state index in [2.05, 4.69) is 15.9 Å². The highest BCUT2D eigenvalue weighted by atomic mass is 79.9. The van der Waals surface area contributed by atoms with E-state index < -0.39 is 23.2 Å². The van der Waals surface area contributed by atoms with Gasteiger partial charge in [-0.2, -0.15) is 0 Å². The van der Waals surface area contributed by atoms with Gasteiger partial charge in [0.2, 0.25) is 0 Å². The Morgan fingerprint density at radius 2 is 1.90 bits per heavy atom. The van der Waals surface area contributed by atoms with Gasteiger partial charge in [0.25, 0.3) is 5.91 Å². The van der Waals surface area contributed by atoms with Crippen LogP contribution in [0.5, 0.6) is 0 Å². The number of carboxylic acid groups (broad SMARTS) is 1. The van der Waals surface area contributed by atoms with Crippen molar-refractivity contribution in [2.75, 3.05) is 7.05 Å². The van der Waals surface area contributed by atoms with Crippen LogP contribution in [0.4, 0.5) is 4.39 Å². The Kier molecular flexibility index (Phi) is 4.66. The lowest BCUT2D eigenvalue weighted by atomic mass is 9.80. The fourth-order valence-corrected chi connectivity index (χ4v) is 3.23. The molecule has 0 radical (unpaired) electrons. The number of halogens is 2. The third kappa shape index (κ3) is 2.95. The topological polar surface area (TPSA) is 57.6 Å². The number of aliphatic carboxylic acids is 1. The molecule has 114 valence electrons. The maximum Gasteiger partial charge on any atom is 0.329 e. The molecule has 2 rings (SSSR count). The summed E-state index contributed by atoms with van der Waals surface area (Å²) in [5.41, 5.74) is -1.34. The van der Waals surface area contributed by atoms with Gasteiger partial charge in [-0.3, -0.25) is 4.79 Å². The van der Waals surface area contributed by atoms with Crippen molar-refractivity contribution in [2.24, 2.45) is 0 Å². The van der Waals surface area contributed by atoms with E-state index in [9.17, 15) is 19.1 Å². The predicted octanol–water partition coefficient (Wildman–Crippen LogP) is 3.45. The second-order valence-electron chi connectivity index (χ2n) is 5.39. The molecule has 1 N–H and O–H groups in total. The molecule has 21 heavy (non-hydrogen) atoms. The molecular weight excluding hydrogens is 341 g/mol. The number of nitrogens with zero attached hydrogens (tertiary/aromatic N) is 1. The Labute approximate surface area is 131 Å². The summed E-state index contributed by atoms with van der Waals surface area (Å²) in [7, 11) is 1.45. The summed E-state index contributed by atoms with van der Waals surface area (Å²) >= 11 is 3.20. The van der Waals surface area contributed by atoms with Crippen LogP contribution in [0, 0.1) is 5.82 Å². The van der Waals surface area contributed by atoms with Gasteiger partial charge < -0.3 is 10.0 Å². The number of rotatable bonds is 3. The van der Waals surface area contributed by atoms with Crippen LogP contribution >= 0.6 is 15.9 Å². The Hall–Kier alpha value is -1.43. The van der Waals surface area contributed by atoms with Gasteiger partial charge in [0.1, 0.15) is 11.4 Å². The van der Waals surface area contributed by atoms with Crippen LogP contribution in [0.2, 0.25) is 0 Å². The average molecular weight is 358 g/mol. The zero-order chi connectivity index (χ0) is 15.6. The summed E-state index contributed by atoms with van der Waals surface area (Å²) in [6, 6.07) is 4.08. The van der Waals surface area contributed by atoms with Crippen LogP contribution in [0.3, 0.4) is 0 Å². The minimum absolute atomic E-state index is 0.113. The number of likely N-dealkylation sites (N-methyl/N-ethyl adjacent to an activating group) is 1. The minimum atomic E-state index is -1.23. The van der Waals surface area contributed by atoms with Crippen LogP contribution in [0.25, 0.3) is 0 Å². The maximum absolute atomic E-state index is 13.9. The number of carbonyl (C=O) groups is 2. The SMILES string of the molecule is CN(C(=O)c1cc(Br)ccc1F)C1(C(=O)O)CCCCC1. The van der Waals surface area contributed by atoms with Crippen LogP contribution in [-0.4, -0.2) is 34.5 Å². The number of carboxylic acids is 1. The van der Waals surface area contributed by atoms with Crippen LogP contribution in [0.1, 0.15) is 42.5 Å². The molecule has 1 aromatic carbocycles. The zero-order valence-electron chi connectivity index (χ0n) is 11.7. The summed E-state index contributed by atoms with van der Waals surface area (Å²) in [6.45, 7) is 0. The molecule has 1 aliphatic rings. The number of amides is 1. The summed E-state index contributed by atoms with van der Waals surface area (Å²) in [5, 5.41) is 9.58. The van der Waals surface area contributed by atoms with Crippen molar-refractivity contribution in [1.82, 2.24) is 4.90 Å². The first-order chi connectivity index (χ1) is 9.88. The summed E-state index contributed by atoms with van der Waals surface area (Å²) in [6.07, 6.45) is 3.28. The normalized spacial score (nSPS) is 17.3. The number of hydrogen-bond donors (Lipinski definition) is 1. The van der Waals surface area contributed by atoms with Gasteiger partial charge in [-0.25, -0.2) is 9.18 Å². The Morgan fingerprint density at radius 3 is 2.48 bits per heavy atom. The Morgan fingerprint density at radius 1 is 1.29 bits per heavy atom. The van der Waals surface area contributed by atoms with E-state index >= 15 is 0 Å². The molecule has 0 atom stereocenters. The quantitative estimate of drug-likeness (QED) is 0.901. The molecule has 0 saturated heterocycles. The van der Waals surface area contributed by atoms with Gasteiger partial charge >= 0.3 is 5.97 Å². The largest absolute Gasteiger partial charge is 0.479 e. The first-order valence-corrected chi connectivity index (χ1v) is 7.64. The van der Waals surface area contributed by atoms with Crippen molar-refractivity contribution in [3.8, 4) is 0 Å². The summed E-state index contributed by atoms with van der Waals surface area (Å²) < 4.78 is 14.4. The van der Waals surface area contributed by atoms with Gasteiger partial charge in [0.15, 0.2) is 0 Å². The number of benzene rings is 1. The smallest absolute Gasteiger partial charge is 0.329 e. The standard InChI is InChI=1S/C15H17BrFNO3/c1-18(15(14(20)21)7-3-2-4-8-15)13(19)11-9-10(16)5-6-12(11)17/h5-6,9H,2-4,7-8H2,1H3,(H,20,21). The summed E-state index contributed by atoms with van der Waals surface area (Å²) in [4.78, 5) is 25.4. The van der Waals surface area contributed by atoms with Crippen LogP contribution in [0.15, 0.2) is 22.7 Å². The van der Waals surface area contributed by atoms with Crippen LogP contribution < -0.4 is 0 Å². The van der Waals surface area contributed by atoms with Gasteiger partial charge in [0, 0.05) is 11.5 Å². The molecule has 0 heterocycles. The molecule has 0 spiro atoms. The van der Waals surface area contributed by atoms with E-state index in [4.69, 9.17) is 0 Å². The fraction of sp³-hybridized carbons (Fsp3) is 0.467. The molecule has 1 aliphatic carbocycles. The van der Waals surface area contributed by atoms with E-state index in [1.54, 1.807) is 0 Å². The predicted molar refractivity (Wildman–Crippen MR) is 79.6 cm³/mol. The van der Waals surface area contributed by atoms with E-state index in [0.717, 1.165) is 19.3 Å². The first-order valence-electron chi connectivity index (χ1n) is 6.85. The molecule has 1 fully saturated rings. The molecule has 0 bridgehead atoms. The minimum Gasteiger partial charge on any atom is -0.479 e.